The minimum atomic E-state index is 0.898. The molecule has 0 aliphatic rings. The summed E-state index contributed by atoms with van der Waals surface area (Å²) in [5.74, 6) is 0. The zero-order valence-corrected chi connectivity index (χ0v) is 11.0. The molecule has 16 heavy (non-hydrogen) atoms. The third-order valence-electron chi connectivity index (χ3n) is 1.89. The van der Waals surface area contributed by atoms with Crippen LogP contribution in [-0.2, 0) is 6.54 Å². The third-order valence-corrected chi connectivity index (χ3v) is 1.89. The van der Waals surface area contributed by atoms with Crippen LogP contribution in [0.1, 0.15) is 33.3 Å². The molecule has 2 N–H and O–H groups in total. The second-order valence-corrected chi connectivity index (χ2v) is 2.82. The third kappa shape index (κ3) is 4.03. The van der Waals surface area contributed by atoms with Crippen molar-refractivity contribution in [3.8, 4) is 0 Å². The van der Waals surface area contributed by atoms with Gasteiger partial charge < -0.3 is 5.32 Å². The van der Waals surface area contributed by atoms with Crippen LogP contribution in [-0.4, -0.2) is 17.2 Å². The van der Waals surface area contributed by atoms with Gasteiger partial charge in [-0.1, -0.05) is 39.8 Å². The van der Waals surface area contributed by atoms with E-state index in [1.165, 1.54) is 5.56 Å². The Balaban J connectivity index is 0.000000509. The van der Waals surface area contributed by atoms with Crippen LogP contribution in [0.2, 0.25) is 0 Å². The predicted octanol–water partition coefficient (Wildman–Crippen LogP) is 3.33. The molecule has 3 nitrogen and oxygen atoms in total. The lowest BCUT2D eigenvalue weighted by molar-refractivity contribution is 0.819. The monoisotopic (exact) mass is 221 g/mol. The van der Waals surface area contributed by atoms with Crippen molar-refractivity contribution in [3.05, 3.63) is 30.0 Å². The molecule has 0 bridgehead atoms. The number of H-pyrrole nitrogens is 1. The van der Waals surface area contributed by atoms with E-state index in [9.17, 15) is 0 Å². The Kier molecular flexibility index (Phi) is 8.17. The number of aromatic amines is 1. The van der Waals surface area contributed by atoms with Crippen molar-refractivity contribution in [1.82, 2.24) is 15.5 Å². The summed E-state index contributed by atoms with van der Waals surface area (Å²) in [5, 5.41) is 11.2. The summed E-state index contributed by atoms with van der Waals surface area (Å²) in [7, 11) is 1.94. The number of nitrogens with zero attached hydrogens (tertiary/aromatic N) is 1. The van der Waals surface area contributed by atoms with Gasteiger partial charge in [0, 0.05) is 11.9 Å². The van der Waals surface area contributed by atoms with Gasteiger partial charge in [0.25, 0.3) is 0 Å². The van der Waals surface area contributed by atoms with Gasteiger partial charge in [0.05, 0.1) is 11.7 Å². The number of rotatable bonds is 2. The molecule has 0 aliphatic carbocycles. The van der Waals surface area contributed by atoms with Crippen LogP contribution in [0.5, 0.6) is 0 Å². The fourth-order valence-corrected chi connectivity index (χ4v) is 1.30. The summed E-state index contributed by atoms with van der Waals surface area (Å²) in [4.78, 5) is 0. The molecule has 1 aromatic heterocycles. The fraction of sp³-hybridized carbons (Fsp3) is 0.462. The number of fused-ring (bicyclic) bond motifs is 1. The Bertz CT molecular complexity index is 379. The minimum Gasteiger partial charge on any atom is -0.316 e. The molecule has 0 saturated carbocycles. The molecule has 3 heteroatoms. The van der Waals surface area contributed by atoms with Gasteiger partial charge in [-0.25, -0.2) is 0 Å². The van der Waals surface area contributed by atoms with Crippen LogP contribution in [0.3, 0.4) is 0 Å². The van der Waals surface area contributed by atoms with Crippen LogP contribution in [0.25, 0.3) is 10.9 Å². The number of hydrogen-bond donors (Lipinski definition) is 2. The molecule has 2 rings (SSSR count). The normalized spacial score (nSPS) is 8.81. The van der Waals surface area contributed by atoms with E-state index in [0.29, 0.717) is 0 Å². The Hall–Kier alpha value is -1.35. The summed E-state index contributed by atoms with van der Waals surface area (Å²) in [6, 6.07) is 6.29. The summed E-state index contributed by atoms with van der Waals surface area (Å²) in [5.41, 5.74) is 2.37. The molecule has 1 heterocycles. The van der Waals surface area contributed by atoms with E-state index in [4.69, 9.17) is 0 Å². The van der Waals surface area contributed by atoms with Crippen molar-refractivity contribution in [3.63, 3.8) is 0 Å². The highest BCUT2D eigenvalue weighted by atomic mass is 15.1. The first kappa shape index (κ1) is 14.6. The SMILES string of the molecule is CC.CC.CNCc1ccc2cn[nH]c2c1. The first-order chi connectivity index (χ1) is 7.90. The number of aromatic nitrogens is 2. The van der Waals surface area contributed by atoms with E-state index >= 15 is 0 Å². The lowest BCUT2D eigenvalue weighted by Crippen LogP contribution is -2.04. The van der Waals surface area contributed by atoms with Gasteiger partial charge in [-0.3, -0.25) is 5.10 Å². The zero-order chi connectivity index (χ0) is 12.4. The molecule has 1 aromatic carbocycles. The van der Waals surface area contributed by atoms with Gasteiger partial charge in [0.2, 0.25) is 0 Å². The standard InChI is InChI=1S/C9H11N3.2C2H6/c1-10-5-7-2-3-8-6-11-12-9(8)4-7;2*1-2/h2-4,6,10H,5H2,1H3,(H,11,12);2*1-2H3. The molecule has 0 spiro atoms. The van der Waals surface area contributed by atoms with Crippen molar-refractivity contribution in [2.75, 3.05) is 7.05 Å². The highest BCUT2D eigenvalue weighted by molar-refractivity contribution is 5.78. The average molecular weight is 221 g/mol. The topological polar surface area (TPSA) is 40.7 Å². The van der Waals surface area contributed by atoms with Gasteiger partial charge in [0.1, 0.15) is 0 Å². The molecular weight excluding hydrogens is 198 g/mol. The Labute approximate surface area is 98.3 Å². The second kappa shape index (κ2) is 8.92. The van der Waals surface area contributed by atoms with Gasteiger partial charge in [-0.15, -0.1) is 0 Å². The van der Waals surface area contributed by atoms with E-state index in [-0.39, 0.29) is 0 Å². The molecule has 0 amide bonds. The maximum absolute atomic E-state index is 3.96. The van der Waals surface area contributed by atoms with Crippen molar-refractivity contribution in [2.24, 2.45) is 0 Å². The molecule has 0 radical (unpaired) electrons. The van der Waals surface area contributed by atoms with Gasteiger partial charge in [-0.05, 0) is 18.7 Å². The predicted molar refractivity (Wildman–Crippen MR) is 71.6 cm³/mol. The molecule has 0 fully saturated rings. The smallest absolute Gasteiger partial charge is 0.0653 e. The number of nitrogens with one attached hydrogen (secondary N) is 2. The molecule has 2 aromatic rings. The summed E-state index contributed by atoms with van der Waals surface area (Å²) in [6.45, 7) is 8.90. The summed E-state index contributed by atoms with van der Waals surface area (Å²) in [6.07, 6.45) is 1.83. The van der Waals surface area contributed by atoms with Gasteiger partial charge in [-0.2, -0.15) is 5.10 Å². The van der Waals surface area contributed by atoms with E-state index in [1.54, 1.807) is 0 Å². The first-order valence-electron chi connectivity index (χ1n) is 5.97. The van der Waals surface area contributed by atoms with Crippen LogP contribution in [0.4, 0.5) is 0 Å². The lowest BCUT2D eigenvalue weighted by atomic mass is 10.2. The molecule has 0 aliphatic heterocycles. The van der Waals surface area contributed by atoms with Crippen LogP contribution < -0.4 is 5.32 Å². The maximum atomic E-state index is 3.96. The second-order valence-electron chi connectivity index (χ2n) is 2.82. The van der Waals surface area contributed by atoms with Crippen molar-refractivity contribution in [2.45, 2.75) is 34.2 Å². The first-order valence-corrected chi connectivity index (χ1v) is 5.97. The Morgan fingerprint density at radius 2 is 1.88 bits per heavy atom. The van der Waals surface area contributed by atoms with E-state index in [1.807, 2.05) is 40.9 Å². The lowest BCUT2D eigenvalue weighted by Gasteiger charge is -1.98. The van der Waals surface area contributed by atoms with Gasteiger partial charge in [0.15, 0.2) is 0 Å². The largest absolute Gasteiger partial charge is 0.316 e. The average Bonchev–Trinajstić information content (AvgIpc) is 2.82. The van der Waals surface area contributed by atoms with Crippen molar-refractivity contribution in [1.29, 1.82) is 0 Å². The molecular formula is C13H23N3. The highest BCUT2D eigenvalue weighted by Crippen LogP contribution is 2.12. The highest BCUT2D eigenvalue weighted by Gasteiger charge is 1.95. The zero-order valence-electron chi connectivity index (χ0n) is 11.0. The number of hydrogen-bond acceptors (Lipinski definition) is 2. The van der Waals surface area contributed by atoms with E-state index in [2.05, 4.69) is 33.7 Å². The Morgan fingerprint density at radius 3 is 2.50 bits per heavy atom. The van der Waals surface area contributed by atoms with Crippen molar-refractivity contribution < 1.29 is 0 Å². The fourth-order valence-electron chi connectivity index (χ4n) is 1.30. The maximum Gasteiger partial charge on any atom is 0.0653 e. The van der Waals surface area contributed by atoms with E-state index < -0.39 is 0 Å². The summed E-state index contributed by atoms with van der Waals surface area (Å²) < 4.78 is 0. The molecule has 90 valence electrons. The summed E-state index contributed by atoms with van der Waals surface area (Å²) >= 11 is 0. The minimum absolute atomic E-state index is 0.898. The van der Waals surface area contributed by atoms with Crippen LogP contribution >= 0.6 is 0 Å². The molecule has 0 unspecified atom stereocenters. The van der Waals surface area contributed by atoms with Crippen LogP contribution in [0, 0.1) is 0 Å². The van der Waals surface area contributed by atoms with Crippen LogP contribution in [0.15, 0.2) is 24.4 Å². The Morgan fingerprint density at radius 1 is 1.19 bits per heavy atom. The number of benzene rings is 1. The van der Waals surface area contributed by atoms with E-state index in [0.717, 1.165) is 17.4 Å². The quantitative estimate of drug-likeness (QED) is 0.816. The van der Waals surface area contributed by atoms with Crippen molar-refractivity contribution >= 4 is 10.9 Å². The molecule has 0 atom stereocenters. The molecule has 0 saturated heterocycles. The van der Waals surface area contributed by atoms with Gasteiger partial charge >= 0.3 is 0 Å².